The molecule has 0 aliphatic carbocycles. The average Bonchev–Trinajstić information content (AvgIpc) is 3.38. The fraction of sp³-hybridized carbons (Fsp3) is 0.207. The van der Waals surface area contributed by atoms with Crippen LogP contribution in [0.4, 0.5) is 5.69 Å². The highest BCUT2D eigenvalue weighted by atomic mass is 32.2. The smallest absolute Gasteiger partial charge is 0.305 e. The molecule has 1 saturated heterocycles. The Kier molecular flexibility index (Phi) is 6.01. The summed E-state index contributed by atoms with van der Waals surface area (Å²) in [6, 6.07) is 23.2. The number of nitrogens with zero attached hydrogens (tertiary/aromatic N) is 1. The van der Waals surface area contributed by atoms with Crippen molar-refractivity contribution in [1.82, 2.24) is 4.98 Å². The fourth-order valence-corrected chi connectivity index (χ4v) is 7.58. The zero-order chi connectivity index (χ0) is 25.7. The van der Waals surface area contributed by atoms with Crippen LogP contribution in [-0.4, -0.2) is 22.0 Å². The molecule has 2 unspecified atom stereocenters. The van der Waals surface area contributed by atoms with Crippen molar-refractivity contribution < 1.29 is 14.3 Å². The lowest BCUT2D eigenvalue weighted by atomic mass is 9.83. The summed E-state index contributed by atoms with van der Waals surface area (Å²) in [5.74, 6) is -0.767. The number of hydrogen-bond acceptors (Lipinski definition) is 6. The van der Waals surface area contributed by atoms with E-state index in [1.54, 1.807) is 12.1 Å². The number of aromatic amines is 1. The Balaban J connectivity index is 1.32. The molecule has 8 heteroatoms. The molecule has 4 aromatic rings. The van der Waals surface area contributed by atoms with Crippen molar-refractivity contribution in [1.29, 1.82) is 0 Å². The van der Waals surface area contributed by atoms with Gasteiger partial charge in [-0.15, -0.1) is 0 Å². The Morgan fingerprint density at radius 2 is 1.65 bits per heavy atom. The summed E-state index contributed by atoms with van der Waals surface area (Å²) in [5, 5.41) is 0.0710. The number of benzene rings is 3. The molecule has 186 valence electrons. The van der Waals surface area contributed by atoms with Gasteiger partial charge in [0.05, 0.1) is 16.6 Å². The van der Waals surface area contributed by atoms with Crippen LogP contribution in [0.25, 0.3) is 0 Å². The number of H-pyrrole nitrogens is 1. The van der Waals surface area contributed by atoms with Gasteiger partial charge in [0.1, 0.15) is 17.6 Å². The van der Waals surface area contributed by atoms with E-state index in [0.29, 0.717) is 23.1 Å². The molecule has 1 N–H and O–H groups in total. The van der Waals surface area contributed by atoms with Gasteiger partial charge in [-0.2, -0.15) is 0 Å². The number of imide groups is 1. The standard InChI is InChI=1S/C29H24N2O4S2/c1-16-6-10-20(11-7-16)31-27(32)23-22(24-26(30-29(34)37-24)36-25(23)28(31)33)19-8-12-21(13-9-19)35-15-18-5-3-4-17(2)14-18/h3-14,22-23,25H,15H2,1-2H3,(H,30,34)/t22-,23?,25?/m1/s1. The number of carbonyl (C=O) groups is 2. The molecule has 3 heterocycles. The zero-order valence-corrected chi connectivity index (χ0v) is 21.9. The van der Waals surface area contributed by atoms with Gasteiger partial charge in [-0.3, -0.25) is 14.4 Å². The molecular weight excluding hydrogens is 504 g/mol. The zero-order valence-electron chi connectivity index (χ0n) is 20.3. The van der Waals surface area contributed by atoms with Crippen LogP contribution in [-0.2, 0) is 16.2 Å². The molecule has 0 spiro atoms. The van der Waals surface area contributed by atoms with Gasteiger partial charge in [-0.25, -0.2) is 4.90 Å². The molecule has 0 bridgehead atoms. The summed E-state index contributed by atoms with van der Waals surface area (Å²) in [6.45, 7) is 4.46. The molecule has 0 saturated carbocycles. The van der Waals surface area contributed by atoms with Crippen LogP contribution in [0.3, 0.4) is 0 Å². The van der Waals surface area contributed by atoms with Gasteiger partial charge < -0.3 is 9.72 Å². The monoisotopic (exact) mass is 528 g/mol. The fourth-order valence-electron chi connectivity index (χ4n) is 5.06. The molecule has 1 fully saturated rings. The summed E-state index contributed by atoms with van der Waals surface area (Å²) in [6.07, 6.45) is 0. The number of hydrogen-bond donors (Lipinski definition) is 1. The maximum absolute atomic E-state index is 13.8. The van der Waals surface area contributed by atoms with Crippen molar-refractivity contribution in [2.24, 2.45) is 5.92 Å². The van der Waals surface area contributed by atoms with Crippen LogP contribution in [0.2, 0.25) is 0 Å². The number of anilines is 1. The van der Waals surface area contributed by atoms with Crippen molar-refractivity contribution in [2.45, 2.75) is 36.6 Å². The maximum Gasteiger partial charge on any atom is 0.305 e. The third-order valence-electron chi connectivity index (χ3n) is 6.84. The average molecular weight is 529 g/mol. The van der Waals surface area contributed by atoms with Crippen LogP contribution in [0.1, 0.15) is 33.0 Å². The van der Waals surface area contributed by atoms with Gasteiger partial charge in [0.2, 0.25) is 11.8 Å². The second-order valence-corrected chi connectivity index (χ2v) is 11.6. The molecule has 3 atom stereocenters. The van der Waals surface area contributed by atoms with E-state index >= 15 is 0 Å². The number of nitrogens with one attached hydrogen (secondary N) is 1. The third kappa shape index (κ3) is 4.30. The lowest BCUT2D eigenvalue weighted by Gasteiger charge is -2.29. The minimum atomic E-state index is -0.603. The van der Waals surface area contributed by atoms with Crippen LogP contribution in [0.15, 0.2) is 82.6 Å². The Bertz CT molecular complexity index is 1560. The number of aryl methyl sites for hydroxylation is 2. The molecule has 2 aliphatic heterocycles. The second-order valence-electron chi connectivity index (χ2n) is 9.44. The van der Waals surface area contributed by atoms with E-state index in [4.69, 9.17) is 4.74 Å². The SMILES string of the molecule is Cc1ccc(N2C(=O)C3Sc4[nH]c(=O)sc4[C@H](c4ccc(OCc5cccc(C)c5)cc4)C3C2=O)cc1. The number of fused-ring (bicyclic) bond motifs is 2. The number of rotatable bonds is 5. The molecule has 1 aromatic heterocycles. The van der Waals surface area contributed by atoms with E-state index in [2.05, 4.69) is 11.1 Å². The summed E-state index contributed by atoms with van der Waals surface area (Å²) < 4.78 is 5.99. The summed E-state index contributed by atoms with van der Waals surface area (Å²) in [4.78, 5) is 44.4. The molecule has 2 amide bonds. The molecule has 6 rings (SSSR count). The van der Waals surface area contributed by atoms with Crippen LogP contribution < -0.4 is 14.5 Å². The van der Waals surface area contributed by atoms with Crippen molar-refractivity contribution in [3.63, 3.8) is 0 Å². The number of thioether (sulfide) groups is 1. The van der Waals surface area contributed by atoms with Crippen molar-refractivity contribution in [3.05, 3.63) is 110 Å². The number of carbonyl (C=O) groups excluding carboxylic acids is 2. The first-order valence-electron chi connectivity index (χ1n) is 12.0. The first-order valence-corrected chi connectivity index (χ1v) is 13.7. The van der Waals surface area contributed by atoms with E-state index < -0.39 is 17.1 Å². The van der Waals surface area contributed by atoms with Crippen molar-refractivity contribution >= 4 is 40.6 Å². The van der Waals surface area contributed by atoms with E-state index in [0.717, 1.165) is 32.9 Å². The first kappa shape index (κ1) is 23.8. The maximum atomic E-state index is 13.8. The highest BCUT2D eigenvalue weighted by molar-refractivity contribution is 8.00. The van der Waals surface area contributed by atoms with Crippen molar-refractivity contribution in [2.75, 3.05) is 4.90 Å². The van der Waals surface area contributed by atoms with E-state index in [1.165, 1.54) is 22.2 Å². The molecule has 6 nitrogen and oxygen atoms in total. The van der Waals surface area contributed by atoms with Gasteiger partial charge in [-0.05, 0) is 49.2 Å². The van der Waals surface area contributed by atoms with E-state index in [1.807, 2.05) is 68.4 Å². The van der Waals surface area contributed by atoms with Gasteiger partial charge in [0.25, 0.3) is 0 Å². The van der Waals surface area contributed by atoms with Gasteiger partial charge in [0.15, 0.2) is 0 Å². The molecular formula is C29H24N2O4S2. The Labute approximate surface area is 222 Å². The van der Waals surface area contributed by atoms with Crippen LogP contribution in [0.5, 0.6) is 5.75 Å². The van der Waals surface area contributed by atoms with Gasteiger partial charge in [0, 0.05) is 10.8 Å². The van der Waals surface area contributed by atoms with Gasteiger partial charge in [-0.1, -0.05) is 82.8 Å². The minimum absolute atomic E-state index is 0.184. The molecule has 0 radical (unpaired) electrons. The predicted molar refractivity (Wildman–Crippen MR) is 146 cm³/mol. The lowest BCUT2D eigenvalue weighted by Crippen LogP contribution is -2.32. The number of thiazole rings is 1. The first-order chi connectivity index (χ1) is 17.9. The summed E-state index contributed by atoms with van der Waals surface area (Å²) in [7, 11) is 0. The lowest BCUT2D eigenvalue weighted by molar-refractivity contribution is -0.122. The Morgan fingerprint density at radius 3 is 2.38 bits per heavy atom. The largest absolute Gasteiger partial charge is 0.489 e. The highest BCUT2D eigenvalue weighted by Crippen LogP contribution is 2.53. The summed E-state index contributed by atoms with van der Waals surface area (Å²) >= 11 is 2.40. The summed E-state index contributed by atoms with van der Waals surface area (Å²) in [5.41, 5.74) is 4.77. The number of amides is 2. The quantitative estimate of drug-likeness (QED) is 0.350. The molecule has 2 aliphatic rings. The second kappa shape index (κ2) is 9.36. The van der Waals surface area contributed by atoms with E-state index in [9.17, 15) is 14.4 Å². The number of ether oxygens (including phenoxy) is 1. The normalized spacial score (nSPS) is 20.6. The Morgan fingerprint density at radius 1 is 0.892 bits per heavy atom. The van der Waals surface area contributed by atoms with Crippen LogP contribution in [0, 0.1) is 19.8 Å². The Hall–Kier alpha value is -3.62. The predicted octanol–water partition coefficient (Wildman–Crippen LogP) is 5.43. The van der Waals surface area contributed by atoms with E-state index in [-0.39, 0.29) is 16.7 Å². The molecule has 3 aromatic carbocycles. The number of aromatic nitrogens is 1. The van der Waals surface area contributed by atoms with Gasteiger partial charge >= 0.3 is 4.87 Å². The highest BCUT2D eigenvalue weighted by Gasteiger charge is 2.56. The molecule has 37 heavy (non-hydrogen) atoms. The third-order valence-corrected chi connectivity index (χ3v) is 9.24. The topological polar surface area (TPSA) is 79.5 Å². The van der Waals surface area contributed by atoms with Crippen molar-refractivity contribution in [3.8, 4) is 5.75 Å². The van der Waals surface area contributed by atoms with Crippen LogP contribution >= 0.6 is 23.1 Å². The minimum Gasteiger partial charge on any atom is -0.489 e.